The Morgan fingerprint density at radius 1 is 0.964 bits per heavy atom. The fourth-order valence-electron chi connectivity index (χ4n) is 2.85. The standard InChI is InChI=1S/C23H16FN3S/c24-20-7-4-8-21(13-20)27-15-22(19-5-2-1-3-6-19)26-23(27)28-16-18-11-9-17(14-25)10-12-18/h1-13,15H,16H2. The molecule has 0 atom stereocenters. The van der Waals surface area contributed by atoms with Crippen LogP contribution < -0.4 is 0 Å². The van der Waals surface area contributed by atoms with Gasteiger partial charge in [-0.2, -0.15) is 5.26 Å². The molecule has 4 rings (SSSR count). The first-order valence-electron chi connectivity index (χ1n) is 8.75. The van der Waals surface area contributed by atoms with Crippen molar-refractivity contribution < 1.29 is 4.39 Å². The van der Waals surface area contributed by atoms with Gasteiger partial charge in [-0.05, 0) is 35.9 Å². The molecule has 0 aliphatic rings. The van der Waals surface area contributed by atoms with Gasteiger partial charge in [-0.1, -0.05) is 60.3 Å². The monoisotopic (exact) mass is 385 g/mol. The highest BCUT2D eigenvalue weighted by Crippen LogP contribution is 2.29. The second-order valence-corrected chi connectivity index (χ2v) is 7.16. The highest BCUT2D eigenvalue weighted by molar-refractivity contribution is 7.98. The highest BCUT2D eigenvalue weighted by atomic mass is 32.2. The summed E-state index contributed by atoms with van der Waals surface area (Å²) in [4.78, 5) is 4.79. The Bertz CT molecular complexity index is 1130. The molecule has 0 aliphatic carbocycles. The van der Waals surface area contributed by atoms with Gasteiger partial charge in [0.15, 0.2) is 5.16 Å². The molecule has 28 heavy (non-hydrogen) atoms. The van der Waals surface area contributed by atoms with E-state index in [1.54, 1.807) is 17.8 Å². The van der Waals surface area contributed by atoms with Gasteiger partial charge in [0.05, 0.1) is 23.0 Å². The quantitative estimate of drug-likeness (QED) is 0.405. The number of benzene rings is 3. The molecule has 0 fully saturated rings. The van der Waals surface area contributed by atoms with Crippen molar-refractivity contribution in [3.05, 3.63) is 102 Å². The Kier molecular flexibility index (Phi) is 5.22. The van der Waals surface area contributed by atoms with E-state index in [0.717, 1.165) is 27.7 Å². The molecule has 0 saturated heterocycles. The third kappa shape index (κ3) is 3.98. The highest BCUT2D eigenvalue weighted by Gasteiger charge is 2.12. The predicted octanol–water partition coefficient (Wildman–Crippen LogP) is 5.84. The van der Waals surface area contributed by atoms with E-state index in [0.29, 0.717) is 11.3 Å². The molecule has 3 aromatic carbocycles. The summed E-state index contributed by atoms with van der Waals surface area (Å²) < 4.78 is 15.7. The number of hydrogen-bond donors (Lipinski definition) is 0. The molecule has 0 amide bonds. The first-order chi connectivity index (χ1) is 13.7. The lowest BCUT2D eigenvalue weighted by Gasteiger charge is -2.07. The molecule has 5 heteroatoms. The van der Waals surface area contributed by atoms with Gasteiger partial charge in [-0.3, -0.25) is 4.57 Å². The molecule has 0 radical (unpaired) electrons. The second-order valence-electron chi connectivity index (χ2n) is 6.22. The van der Waals surface area contributed by atoms with Crippen LogP contribution in [0.5, 0.6) is 0 Å². The molecule has 0 unspecified atom stereocenters. The molecule has 0 spiro atoms. The number of imidazole rings is 1. The maximum absolute atomic E-state index is 13.8. The SMILES string of the molecule is N#Cc1ccc(CSc2nc(-c3ccccc3)cn2-c2cccc(F)c2)cc1. The van der Waals surface area contributed by atoms with Crippen LogP contribution in [0.25, 0.3) is 16.9 Å². The lowest BCUT2D eigenvalue weighted by molar-refractivity contribution is 0.626. The Morgan fingerprint density at radius 3 is 2.46 bits per heavy atom. The van der Waals surface area contributed by atoms with E-state index in [2.05, 4.69) is 6.07 Å². The lowest BCUT2D eigenvalue weighted by Crippen LogP contribution is -1.96. The van der Waals surface area contributed by atoms with E-state index in [-0.39, 0.29) is 5.82 Å². The van der Waals surface area contributed by atoms with Crippen molar-refractivity contribution in [1.29, 1.82) is 5.26 Å². The molecule has 4 aromatic rings. The van der Waals surface area contributed by atoms with Crippen LogP contribution in [0, 0.1) is 17.1 Å². The molecule has 0 bridgehead atoms. The van der Waals surface area contributed by atoms with Crippen molar-refractivity contribution >= 4 is 11.8 Å². The Balaban J connectivity index is 1.67. The van der Waals surface area contributed by atoms with E-state index in [1.165, 1.54) is 12.1 Å². The number of nitrogens with zero attached hydrogens (tertiary/aromatic N) is 3. The largest absolute Gasteiger partial charge is 0.294 e. The molecule has 1 heterocycles. The number of aromatic nitrogens is 2. The van der Waals surface area contributed by atoms with E-state index in [4.69, 9.17) is 10.2 Å². The van der Waals surface area contributed by atoms with Crippen LogP contribution in [0.2, 0.25) is 0 Å². The summed E-state index contributed by atoms with van der Waals surface area (Å²) in [6.07, 6.45) is 1.94. The lowest BCUT2D eigenvalue weighted by atomic mass is 10.2. The summed E-state index contributed by atoms with van der Waals surface area (Å²) >= 11 is 1.58. The van der Waals surface area contributed by atoms with E-state index >= 15 is 0 Å². The van der Waals surface area contributed by atoms with Gasteiger partial charge in [-0.15, -0.1) is 0 Å². The Morgan fingerprint density at radius 2 is 1.75 bits per heavy atom. The van der Waals surface area contributed by atoms with Gasteiger partial charge in [0.25, 0.3) is 0 Å². The minimum Gasteiger partial charge on any atom is -0.294 e. The molecule has 3 nitrogen and oxygen atoms in total. The summed E-state index contributed by atoms with van der Waals surface area (Å²) in [6, 6.07) is 26.1. The zero-order valence-electron chi connectivity index (χ0n) is 14.9. The normalized spacial score (nSPS) is 10.6. The predicted molar refractivity (Wildman–Crippen MR) is 110 cm³/mol. The maximum Gasteiger partial charge on any atom is 0.173 e. The molecule has 1 aromatic heterocycles. The third-order valence-corrected chi connectivity index (χ3v) is 5.30. The van der Waals surface area contributed by atoms with Gasteiger partial charge in [0.1, 0.15) is 5.82 Å². The third-order valence-electron chi connectivity index (χ3n) is 4.28. The first kappa shape index (κ1) is 18.0. The van der Waals surface area contributed by atoms with Crippen LogP contribution in [0.3, 0.4) is 0 Å². The molecular weight excluding hydrogens is 369 g/mol. The van der Waals surface area contributed by atoms with Gasteiger partial charge in [-0.25, -0.2) is 9.37 Å². The number of nitriles is 1. The average Bonchev–Trinajstić information content (AvgIpc) is 3.18. The van der Waals surface area contributed by atoms with Crippen molar-refractivity contribution in [2.75, 3.05) is 0 Å². The van der Waals surface area contributed by atoms with Crippen LogP contribution >= 0.6 is 11.8 Å². The zero-order chi connectivity index (χ0) is 19.3. The molecule has 0 saturated carbocycles. The molecule has 0 N–H and O–H groups in total. The minimum absolute atomic E-state index is 0.282. The number of hydrogen-bond acceptors (Lipinski definition) is 3. The molecular formula is C23H16FN3S. The van der Waals surface area contributed by atoms with Crippen LogP contribution in [-0.4, -0.2) is 9.55 Å². The summed E-state index contributed by atoms with van der Waals surface area (Å²) in [5.41, 5.74) is 4.32. The zero-order valence-corrected chi connectivity index (χ0v) is 15.7. The van der Waals surface area contributed by atoms with Crippen LogP contribution in [0.15, 0.2) is 90.2 Å². The van der Waals surface area contributed by atoms with E-state index in [9.17, 15) is 4.39 Å². The fourth-order valence-corrected chi connectivity index (χ4v) is 3.80. The smallest absolute Gasteiger partial charge is 0.173 e. The summed E-state index contributed by atoms with van der Waals surface area (Å²) in [5.74, 6) is 0.419. The van der Waals surface area contributed by atoms with Crippen LogP contribution in [0.4, 0.5) is 4.39 Å². The van der Waals surface area contributed by atoms with Gasteiger partial charge < -0.3 is 0 Å². The second kappa shape index (κ2) is 8.12. The first-order valence-corrected chi connectivity index (χ1v) is 9.74. The number of halogens is 1. The maximum atomic E-state index is 13.8. The molecule has 136 valence electrons. The van der Waals surface area contributed by atoms with Crippen LogP contribution in [-0.2, 0) is 5.75 Å². The van der Waals surface area contributed by atoms with Gasteiger partial charge >= 0.3 is 0 Å². The van der Waals surface area contributed by atoms with Crippen molar-refractivity contribution in [2.24, 2.45) is 0 Å². The van der Waals surface area contributed by atoms with Gasteiger partial charge in [0, 0.05) is 17.5 Å². The number of rotatable bonds is 5. The Hall–Kier alpha value is -3.36. The topological polar surface area (TPSA) is 41.6 Å². The van der Waals surface area contributed by atoms with E-state index in [1.807, 2.05) is 71.4 Å². The summed E-state index contributed by atoms with van der Waals surface area (Å²) in [5, 5.41) is 9.72. The summed E-state index contributed by atoms with van der Waals surface area (Å²) in [6.45, 7) is 0. The van der Waals surface area contributed by atoms with E-state index < -0.39 is 0 Å². The van der Waals surface area contributed by atoms with Crippen molar-refractivity contribution in [1.82, 2.24) is 9.55 Å². The van der Waals surface area contributed by atoms with Gasteiger partial charge in [0.2, 0.25) is 0 Å². The van der Waals surface area contributed by atoms with Crippen molar-refractivity contribution in [2.45, 2.75) is 10.9 Å². The molecule has 0 aliphatic heterocycles. The Labute approximate surface area is 167 Å². The van der Waals surface area contributed by atoms with Crippen LogP contribution in [0.1, 0.15) is 11.1 Å². The summed E-state index contributed by atoms with van der Waals surface area (Å²) in [7, 11) is 0. The van der Waals surface area contributed by atoms with Crippen molar-refractivity contribution in [3.63, 3.8) is 0 Å². The minimum atomic E-state index is -0.282. The fraction of sp³-hybridized carbons (Fsp3) is 0.0435. The van der Waals surface area contributed by atoms with Crippen molar-refractivity contribution in [3.8, 4) is 23.0 Å². The average molecular weight is 385 g/mol. The number of thioether (sulfide) groups is 1.